The van der Waals surface area contributed by atoms with Gasteiger partial charge in [-0.3, -0.25) is 4.79 Å². The fourth-order valence-electron chi connectivity index (χ4n) is 2.31. The van der Waals surface area contributed by atoms with Gasteiger partial charge in [-0.1, -0.05) is 6.07 Å². The molecule has 1 atom stereocenters. The maximum absolute atomic E-state index is 12.2. The summed E-state index contributed by atoms with van der Waals surface area (Å²) in [5, 5.41) is 8.56. The third-order valence-corrected chi connectivity index (χ3v) is 3.45. The van der Waals surface area contributed by atoms with Crippen molar-refractivity contribution in [1.29, 1.82) is 5.26 Å². The highest BCUT2D eigenvalue weighted by Gasteiger charge is 2.19. The third-order valence-electron chi connectivity index (χ3n) is 3.45. The molecule has 1 heterocycles. The van der Waals surface area contributed by atoms with Gasteiger partial charge in [-0.2, -0.15) is 5.26 Å². The van der Waals surface area contributed by atoms with Gasteiger partial charge in [0.1, 0.15) is 6.07 Å². The number of methoxy groups -OCH3 is 1. The maximum atomic E-state index is 12.2. The number of ether oxygens (including phenoxy) is 3. The van der Waals surface area contributed by atoms with Crippen molar-refractivity contribution in [1.82, 2.24) is 4.90 Å². The summed E-state index contributed by atoms with van der Waals surface area (Å²) in [5.41, 5.74) is 0.820. The van der Waals surface area contributed by atoms with Crippen molar-refractivity contribution in [2.24, 2.45) is 0 Å². The van der Waals surface area contributed by atoms with Gasteiger partial charge in [-0.15, -0.1) is 0 Å². The molecule has 1 aromatic carbocycles. The summed E-state index contributed by atoms with van der Waals surface area (Å²) in [4.78, 5) is 13.9. The SMILES string of the molecule is COc1cc(/C=C/C(=O)N2CCOC(C)C2)ccc1OCC#N. The number of carbonyl (C=O) groups excluding carboxylic acids is 1. The standard InChI is InChI=1S/C17H20N2O4/c1-13-12-19(8-10-22-13)17(20)6-4-14-3-5-15(23-9-7-18)16(11-14)21-2/h3-6,11,13H,8-10,12H2,1-2H3/b6-4+. The van der Waals surface area contributed by atoms with Crippen LogP contribution in [0.2, 0.25) is 0 Å². The normalized spacial score (nSPS) is 17.8. The van der Waals surface area contributed by atoms with Gasteiger partial charge in [-0.05, 0) is 30.7 Å². The van der Waals surface area contributed by atoms with Gasteiger partial charge < -0.3 is 19.1 Å². The number of rotatable bonds is 5. The van der Waals surface area contributed by atoms with Crippen LogP contribution in [0.25, 0.3) is 6.08 Å². The van der Waals surface area contributed by atoms with Crippen molar-refractivity contribution in [2.75, 3.05) is 33.4 Å². The average molecular weight is 316 g/mol. The molecule has 1 fully saturated rings. The highest BCUT2D eigenvalue weighted by molar-refractivity contribution is 5.92. The molecule has 0 aliphatic carbocycles. The van der Waals surface area contributed by atoms with Gasteiger partial charge >= 0.3 is 0 Å². The Balaban J connectivity index is 2.04. The number of carbonyl (C=O) groups is 1. The molecule has 1 amide bonds. The Labute approximate surface area is 135 Å². The van der Waals surface area contributed by atoms with Crippen molar-refractivity contribution < 1.29 is 19.0 Å². The summed E-state index contributed by atoms with van der Waals surface area (Å²) >= 11 is 0. The third kappa shape index (κ3) is 4.73. The molecule has 0 saturated carbocycles. The van der Waals surface area contributed by atoms with Gasteiger partial charge in [0.2, 0.25) is 5.91 Å². The van der Waals surface area contributed by atoms with E-state index in [1.807, 2.05) is 13.0 Å². The van der Waals surface area contributed by atoms with Gasteiger partial charge in [0, 0.05) is 19.2 Å². The minimum Gasteiger partial charge on any atom is -0.493 e. The zero-order valence-corrected chi connectivity index (χ0v) is 13.3. The molecule has 1 unspecified atom stereocenters. The Morgan fingerprint density at radius 2 is 2.35 bits per heavy atom. The van der Waals surface area contributed by atoms with E-state index in [-0.39, 0.29) is 18.6 Å². The van der Waals surface area contributed by atoms with Crippen molar-refractivity contribution in [3.05, 3.63) is 29.8 Å². The number of hydrogen-bond acceptors (Lipinski definition) is 5. The Bertz CT molecular complexity index is 622. The lowest BCUT2D eigenvalue weighted by Crippen LogP contribution is -2.43. The second-order valence-electron chi connectivity index (χ2n) is 5.16. The molecule has 0 bridgehead atoms. The molecular formula is C17H20N2O4. The first-order chi connectivity index (χ1) is 11.1. The van der Waals surface area contributed by atoms with Crippen LogP contribution in [0.1, 0.15) is 12.5 Å². The number of nitrogens with zero attached hydrogens (tertiary/aromatic N) is 2. The zero-order valence-electron chi connectivity index (χ0n) is 13.3. The van der Waals surface area contributed by atoms with Crippen molar-refractivity contribution in [3.8, 4) is 17.6 Å². The molecule has 6 heteroatoms. The largest absolute Gasteiger partial charge is 0.493 e. The van der Waals surface area contributed by atoms with Crippen LogP contribution in [0.5, 0.6) is 11.5 Å². The van der Waals surface area contributed by atoms with Crippen LogP contribution in [0.15, 0.2) is 24.3 Å². The molecule has 2 rings (SSSR count). The van der Waals surface area contributed by atoms with E-state index in [1.54, 1.807) is 35.3 Å². The molecule has 122 valence electrons. The molecule has 6 nitrogen and oxygen atoms in total. The summed E-state index contributed by atoms with van der Waals surface area (Å²) in [7, 11) is 1.53. The molecule has 1 aromatic rings. The van der Waals surface area contributed by atoms with E-state index in [1.165, 1.54) is 7.11 Å². The van der Waals surface area contributed by atoms with Crippen LogP contribution in [0.4, 0.5) is 0 Å². The maximum Gasteiger partial charge on any atom is 0.246 e. The summed E-state index contributed by atoms with van der Waals surface area (Å²) in [5.74, 6) is 0.985. The first-order valence-corrected chi connectivity index (χ1v) is 7.40. The van der Waals surface area contributed by atoms with Crippen LogP contribution in [-0.2, 0) is 9.53 Å². The lowest BCUT2D eigenvalue weighted by Gasteiger charge is -2.30. The molecule has 1 saturated heterocycles. The number of amides is 1. The fraction of sp³-hybridized carbons (Fsp3) is 0.412. The molecule has 23 heavy (non-hydrogen) atoms. The fourth-order valence-corrected chi connectivity index (χ4v) is 2.31. The Hall–Kier alpha value is -2.52. The predicted molar refractivity (Wildman–Crippen MR) is 85.1 cm³/mol. The predicted octanol–water partition coefficient (Wildman–Crippen LogP) is 1.86. The minimum atomic E-state index is -0.0424. The Morgan fingerprint density at radius 3 is 3.04 bits per heavy atom. The molecular weight excluding hydrogens is 296 g/mol. The van der Waals surface area contributed by atoms with E-state index >= 15 is 0 Å². The van der Waals surface area contributed by atoms with E-state index in [9.17, 15) is 4.79 Å². The topological polar surface area (TPSA) is 71.8 Å². The van der Waals surface area contributed by atoms with Crippen LogP contribution in [-0.4, -0.2) is 50.3 Å². The summed E-state index contributed by atoms with van der Waals surface area (Å²) in [6, 6.07) is 7.20. The van der Waals surface area contributed by atoms with Crippen LogP contribution in [0.3, 0.4) is 0 Å². The first kappa shape index (κ1) is 16.8. The Morgan fingerprint density at radius 1 is 1.52 bits per heavy atom. The lowest BCUT2D eigenvalue weighted by atomic mass is 10.2. The van der Waals surface area contributed by atoms with Crippen LogP contribution >= 0.6 is 0 Å². The minimum absolute atomic E-state index is 0.0380. The molecule has 1 aliphatic heterocycles. The summed E-state index contributed by atoms with van der Waals surface area (Å²) in [6.45, 7) is 3.69. The summed E-state index contributed by atoms with van der Waals surface area (Å²) in [6.07, 6.45) is 3.35. The molecule has 0 aromatic heterocycles. The second-order valence-corrected chi connectivity index (χ2v) is 5.16. The Kier molecular flexibility index (Phi) is 6.01. The second kappa shape index (κ2) is 8.20. The zero-order chi connectivity index (χ0) is 16.7. The average Bonchev–Trinajstić information content (AvgIpc) is 2.58. The molecule has 0 N–H and O–H groups in total. The van der Waals surface area contributed by atoms with E-state index in [2.05, 4.69) is 0 Å². The van der Waals surface area contributed by atoms with Crippen molar-refractivity contribution >= 4 is 12.0 Å². The monoisotopic (exact) mass is 316 g/mol. The van der Waals surface area contributed by atoms with Crippen LogP contribution < -0.4 is 9.47 Å². The molecule has 0 spiro atoms. The highest BCUT2D eigenvalue weighted by atomic mass is 16.5. The number of hydrogen-bond donors (Lipinski definition) is 0. The lowest BCUT2D eigenvalue weighted by molar-refractivity contribution is -0.132. The van der Waals surface area contributed by atoms with Gasteiger partial charge in [0.15, 0.2) is 18.1 Å². The van der Waals surface area contributed by atoms with E-state index < -0.39 is 0 Å². The smallest absolute Gasteiger partial charge is 0.246 e. The summed E-state index contributed by atoms with van der Waals surface area (Å²) < 4.78 is 15.9. The van der Waals surface area contributed by atoms with Gasteiger partial charge in [-0.25, -0.2) is 0 Å². The van der Waals surface area contributed by atoms with Crippen LogP contribution in [0, 0.1) is 11.3 Å². The van der Waals surface area contributed by atoms with Crippen molar-refractivity contribution in [3.63, 3.8) is 0 Å². The number of benzene rings is 1. The van der Waals surface area contributed by atoms with E-state index in [0.717, 1.165) is 5.56 Å². The molecule has 1 aliphatic rings. The van der Waals surface area contributed by atoms with E-state index in [4.69, 9.17) is 19.5 Å². The van der Waals surface area contributed by atoms with Gasteiger partial charge in [0.05, 0.1) is 19.8 Å². The quantitative estimate of drug-likeness (QED) is 0.775. The first-order valence-electron chi connectivity index (χ1n) is 7.40. The number of morpholine rings is 1. The number of nitriles is 1. The molecule has 0 radical (unpaired) electrons. The van der Waals surface area contributed by atoms with E-state index in [0.29, 0.717) is 31.2 Å². The highest BCUT2D eigenvalue weighted by Crippen LogP contribution is 2.28. The van der Waals surface area contributed by atoms with Gasteiger partial charge in [0.25, 0.3) is 0 Å². The van der Waals surface area contributed by atoms with Crippen molar-refractivity contribution in [2.45, 2.75) is 13.0 Å².